The molecule has 1 fully saturated rings. The van der Waals surface area contributed by atoms with Crippen LogP contribution in [0.4, 0.5) is 0 Å². The summed E-state index contributed by atoms with van der Waals surface area (Å²) in [5, 5.41) is 8.08. The molecule has 0 aromatic carbocycles. The van der Waals surface area contributed by atoms with Crippen molar-refractivity contribution in [2.45, 2.75) is 52.1 Å². The maximum absolute atomic E-state index is 4.50. The minimum Gasteiger partial charge on any atom is -0.315 e. The van der Waals surface area contributed by atoms with Gasteiger partial charge in [0.2, 0.25) is 0 Å². The van der Waals surface area contributed by atoms with Gasteiger partial charge in [0.25, 0.3) is 0 Å². The first-order valence-corrected chi connectivity index (χ1v) is 8.55. The highest BCUT2D eigenvalue weighted by atomic mass is 79.9. The van der Waals surface area contributed by atoms with Crippen LogP contribution in [0.2, 0.25) is 0 Å². The summed E-state index contributed by atoms with van der Waals surface area (Å²) >= 11 is 3.69. The molecule has 1 saturated heterocycles. The molecule has 4 nitrogen and oxygen atoms in total. The first-order valence-electron chi connectivity index (χ1n) is 7.76. The van der Waals surface area contributed by atoms with Crippen molar-refractivity contribution in [2.24, 2.45) is 7.05 Å². The molecule has 0 spiro atoms. The second-order valence-electron chi connectivity index (χ2n) is 5.79. The third-order valence-corrected chi connectivity index (χ3v) is 5.20. The number of rotatable bonds is 6. The van der Waals surface area contributed by atoms with Gasteiger partial charge >= 0.3 is 0 Å². The number of hydrogen-bond donors (Lipinski definition) is 1. The predicted octanol–water partition coefficient (Wildman–Crippen LogP) is 2.85. The summed E-state index contributed by atoms with van der Waals surface area (Å²) in [6, 6.07) is 0.664. The zero-order valence-corrected chi connectivity index (χ0v) is 14.5. The zero-order chi connectivity index (χ0) is 14.5. The van der Waals surface area contributed by atoms with Gasteiger partial charge in [-0.05, 0) is 55.2 Å². The molecule has 0 radical (unpaired) electrons. The van der Waals surface area contributed by atoms with Gasteiger partial charge in [-0.25, -0.2) is 0 Å². The minimum absolute atomic E-state index is 0.664. The van der Waals surface area contributed by atoms with Crippen LogP contribution in [0.1, 0.15) is 44.0 Å². The van der Waals surface area contributed by atoms with Crippen molar-refractivity contribution in [3.8, 4) is 0 Å². The molecule has 0 bridgehead atoms. The van der Waals surface area contributed by atoms with Gasteiger partial charge in [-0.1, -0.05) is 13.3 Å². The molecule has 1 aliphatic heterocycles. The molecule has 1 atom stereocenters. The number of aryl methyl sites for hydroxylation is 2. The van der Waals surface area contributed by atoms with Crippen molar-refractivity contribution in [3.05, 3.63) is 15.9 Å². The Morgan fingerprint density at radius 3 is 2.85 bits per heavy atom. The summed E-state index contributed by atoms with van der Waals surface area (Å²) in [7, 11) is 2.04. The second kappa shape index (κ2) is 7.57. The summed E-state index contributed by atoms with van der Waals surface area (Å²) in [5.74, 6) is 0. The average molecular weight is 343 g/mol. The van der Waals surface area contributed by atoms with Gasteiger partial charge < -0.3 is 5.32 Å². The van der Waals surface area contributed by atoms with E-state index in [2.05, 4.69) is 45.1 Å². The van der Waals surface area contributed by atoms with Gasteiger partial charge in [0, 0.05) is 26.2 Å². The SMILES string of the molecule is CCCNCC1CCCCN1Cc1c(Br)c(C)nn1C. The van der Waals surface area contributed by atoms with Crippen LogP contribution in [0, 0.1) is 6.92 Å². The monoisotopic (exact) mass is 342 g/mol. The number of piperidine rings is 1. The van der Waals surface area contributed by atoms with Gasteiger partial charge in [0.05, 0.1) is 15.9 Å². The lowest BCUT2D eigenvalue weighted by atomic mass is 10.0. The Labute approximate surface area is 131 Å². The highest BCUT2D eigenvalue weighted by Gasteiger charge is 2.24. The lowest BCUT2D eigenvalue weighted by Gasteiger charge is -2.36. The van der Waals surface area contributed by atoms with Crippen LogP contribution in [-0.4, -0.2) is 40.4 Å². The first-order chi connectivity index (χ1) is 9.63. The minimum atomic E-state index is 0.664. The lowest BCUT2D eigenvalue weighted by molar-refractivity contribution is 0.134. The van der Waals surface area contributed by atoms with Crippen molar-refractivity contribution in [1.82, 2.24) is 20.0 Å². The number of aromatic nitrogens is 2. The number of likely N-dealkylation sites (tertiary alicyclic amines) is 1. The van der Waals surface area contributed by atoms with Crippen molar-refractivity contribution in [1.29, 1.82) is 0 Å². The number of halogens is 1. The molecule has 2 rings (SSSR count). The summed E-state index contributed by atoms with van der Waals surface area (Å²) in [5.41, 5.74) is 2.38. The Morgan fingerprint density at radius 2 is 2.20 bits per heavy atom. The van der Waals surface area contributed by atoms with E-state index in [4.69, 9.17) is 0 Å². The van der Waals surface area contributed by atoms with Crippen LogP contribution in [0.3, 0.4) is 0 Å². The van der Waals surface area contributed by atoms with E-state index in [0.717, 1.165) is 25.3 Å². The maximum Gasteiger partial charge on any atom is 0.0739 e. The molecular formula is C15H27BrN4. The normalized spacial score (nSPS) is 20.5. The van der Waals surface area contributed by atoms with Crippen LogP contribution in [-0.2, 0) is 13.6 Å². The third kappa shape index (κ3) is 3.83. The fourth-order valence-electron chi connectivity index (χ4n) is 2.99. The molecule has 1 N–H and O–H groups in total. The molecule has 1 aromatic heterocycles. The smallest absolute Gasteiger partial charge is 0.0739 e. The first kappa shape index (κ1) is 16.0. The Bertz CT molecular complexity index is 430. The van der Waals surface area contributed by atoms with Crippen LogP contribution in [0.15, 0.2) is 4.47 Å². The van der Waals surface area contributed by atoms with E-state index in [1.54, 1.807) is 0 Å². The number of nitrogens with zero attached hydrogens (tertiary/aromatic N) is 3. The molecule has 5 heteroatoms. The van der Waals surface area contributed by atoms with Crippen LogP contribution >= 0.6 is 15.9 Å². The summed E-state index contributed by atoms with van der Waals surface area (Å²) < 4.78 is 3.19. The zero-order valence-electron chi connectivity index (χ0n) is 13.0. The number of nitrogens with one attached hydrogen (secondary N) is 1. The van der Waals surface area contributed by atoms with E-state index in [0.29, 0.717) is 6.04 Å². The van der Waals surface area contributed by atoms with Crippen molar-refractivity contribution in [2.75, 3.05) is 19.6 Å². The standard InChI is InChI=1S/C15H27BrN4/c1-4-8-17-10-13-7-5-6-9-20(13)11-14-15(16)12(2)18-19(14)3/h13,17H,4-11H2,1-3H3. The van der Waals surface area contributed by atoms with E-state index < -0.39 is 0 Å². The molecule has 0 aliphatic carbocycles. The number of hydrogen-bond acceptors (Lipinski definition) is 3. The average Bonchev–Trinajstić information content (AvgIpc) is 2.67. The van der Waals surface area contributed by atoms with Gasteiger partial charge in [-0.3, -0.25) is 9.58 Å². The highest BCUT2D eigenvalue weighted by molar-refractivity contribution is 9.10. The van der Waals surface area contributed by atoms with E-state index in [9.17, 15) is 0 Å². The maximum atomic E-state index is 4.50. The quantitative estimate of drug-likeness (QED) is 0.807. The summed E-state index contributed by atoms with van der Waals surface area (Å²) in [6.45, 7) is 8.72. The van der Waals surface area contributed by atoms with E-state index >= 15 is 0 Å². The highest BCUT2D eigenvalue weighted by Crippen LogP contribution is 2.25. The summed E-state index contributed by atoms with van der Waals surface area (Å²) in [4.78, 5) is 2.62. The molecule has 0 saturated carbocycles. The van der Waals surface area contributed by atoms with Gasteiger partial charge in [0.1, 0.15) is 0 Å². The Morgan fingerprint density at radius 1 is 1.40 bits per heavy atom. The van der Waals surface area contributed by atoms with E-state index in [1.807, 2.05) is 11.7 Å². The van der Waals surface area contributed by atoms with Gasteiger partial charge in [0.15, 0.2) is 0 Å². The van der Waals surface area contributed by atoms with E-state index in [-0.39, 0.29) is 0 Å². The third-order valence-electron chi connectivity index (χ3n) is 4.17. The van der Waals surface area contributed by atoms with Crippen molar-refractivity contribution >= 4 is 15.9 Å². The Kier molecular flexibility index (Phi) is 6.05. The van der Waals surface area contributed by atoms with Gasteiger partial charge in [-0.15, -0.1) is 0 Å². The Hall–Kier alpha value is -0.390. The largest absolute Gasteiger partial charge is 0.315 e. The van der Waals surface area contributed by atoms with Crippen LogP contribution < -0.4 is 5.32 Å². The molecule has 2 heterocycles. The summed E-state index contributed by atoms with van der Waals surface area (Å²) in [6.07, 6.45) is 5.20. The predicted molar refractivity (Wildman–Crippen MR) is 86.9 cm³/mol. The fourth-order valence-corrected chi connectivity index (χ4v) is 3.45. The van der Waals surface area contributed by atoms with Crippen molar-refractivity contribution in [3.63, 3.8) is 0 Å². The fraction of sp³-hybridized carbons (Fsp3) is 0.800. The molecule has 0 amide bonds. The molecule has 1 aromatic rings. The van der Waals surface area contributed by atoms with Gasteiger partial charge in [-0.2, -0.15) is 5.10 Å². The molecule has 1 unspecified atom stereocenters. The topological polar surface area (TPSA) is 33.1 Å². The van der Waals surface area contributed by atoms with Crippen molar-refractivity contribution < 1.29 is 0 Å². The second-order valence-corrected chi connectivity index (χ2v) is 6.59. The van der Waals surface area contributed by atoms with Crippen LogP contribution in [0.5, 0.6) is 0 Å². The Balaban J connectivity index is 2.00. The van der Waals surface area contributed by atoms with Crippen LogP contribution in [0.25, 0.3) is 0 Å². The van der Waals surface area contributed by atoms with E-state index in [1.165, 1.54) is 42.4 Å². The molecule has 1 aliphatic rings. The lowest BCUT2D eigenvalue weighted by Crippen LogP contribution is -2.45. The molecule has 114 valence electrons. The molecular weight excluding hydrogens is 316 g/mol. The molecule has 20 heavy (non-hydrogen) atoms.